The van der Waals surface area contributed by atoms with Gasteiger partial charge in [0.2, 0.25) is 0 Å². The first-order valence-corrected chi connectivity index (χ1v) is 8.94. The van der Waals surface area contributed by atoms with Gasteiger partial charge in [-0.1, -0.05) is 12.8 Å². The number of aliphatic hydroxyl groups is 1. The molecule has 0 bridgehead atoms. The molecule has 24 heavy (non-hydrogen) atoms. The van der Waals surface area contributed by atoms with Gasteiger partial charge in [-0.15, -0.1) is 0 Å². The fourth-order valence-corrected chi connectivity index (χ4v) is 4.01. The van der Waals surface area contributed by atoms with Crippen LogP contribution in [-0.4, -0.2) is 54.0 Å². The summed E-state index contributed by atoms with van der Waals surface area (Å²) in [5.74, 6) is 0.0109. The maximum absolute atomic E-state index is 12.4. The second kappa shape index (κ2) is 7.72. The summed E-state index contributed by atoms with van der Waals surface area (Å²) in [4.78, 5) is 25.8. The monoisotopic (exact) mass is 341 g/mol. The zero-order valence-electron chi connectivity index (χ0n) is 15.3. The van der Waals surface area contributed by atoms with Crippen molar-refractivity contribution >= 4 is 12.1 Å². The molecule has 0 aromatic carbocycles. The number of hydrogen-bond acceptors (Lipinski definition) is 5. The van der Waals surface area contributed by atoms with E-state index >= 15 is 0 Å². The number of esters is 1. The van der Waals surface area contributed by atoms with Gasteiger partial charge in [0.25, 0.3) is 0 Å². The van der Waals surface area contributed by atoms with Crippen LogP contribution >= 0.6 is 0 Å². The van der Waals surface area contributed by atoms with E-state index in [0.29, 0.717) is 13.1 Å². The molecule has 2 aliphatic rings. The lowest BCUT2D eigenvalue weighted by molar-refractivity contribution is -0.142. The zero-order valence-corrected chi connectivity index (χ0v) is 15.3. The summed E-state index contributed by atoms with van der Waals surface area (Å²) >= 11 is 0. The molecule has 1 amide bonds. The van der Waals surface area contributed by atoms with E-state index in [1.165, 1.54) is 7.11 Å². The highest BCUT2D eigenvalue weighted by Gasteiger charge is 2.44. The molecule has 2 rings (SSSR count). The number of amides is 1. The van der Waals surface area contributed by atoms with Gasteiger partial charge in [0.05, 0.1) is 19.6 Å². The Morgan fingerprint density at radius 1 is 1.12 bits per heavy atom. The Bertz CT molecular complexity index is 459. The van der Waals surface area contributed by atoms with E-state index in [9.17, 15) is 14.7 Å². The summed E-state index contributed by atoms with van der Waals surface area (Å²) in [5.41, 5.74) is -0.544. The molecule has 2 fully saturated rings. The van der Waals surface area contributed by atoms with E-state index < -0.39 is 5.60 Å². The molecule has 138 valence electrons. The Kier molecular flexibility index (Phi) is 6.12. The molecular formula is C18H31NO5. The van der Waals surface area contributed by atoms with Crippen LogP contribution in [0.15, 0.2) is 0 Å². The van der Waals surface area contributed by atoms with Gasteiger partial charge < -0.3 is 19.5 Å². The van der Waals surface area contributed by atoms with Crippen molar-refractivity contribution in [3.05, 3.63) is 0 Å². The van der Waals surface area contributed by atoms with E-state index in [1.807, 2.05) is 20.8 Å². The molecule has 6 nitrogen and oxygen atoms in total. The Balaban J connectivity index is 2.10. The lowest BCUT2D eigenvalue weighted by atomic mass is 9.73. The summed E-state index contributed by atoms with van der Waals surface area (Å²) in [5, 5.41) is 10.4. The second-order valence-electron chi connectivity index (χ2n) is 8.11. The number of methoxy groups -OCH3 is 1. The molecule has 1 aliphatic carbocycles. The molecule has 1 saturated heterocycles. The highest BCUT2D eigenvalue weighted by Crippen LogP contribution is 2.40. The molecule has 1 aliphatic heterocycles. The predicted molar refractivity (Wildman–Crippen MR) is 89.4 cm³/mol. The zero-order chi connectivity index (χ0) is 17.9. The third-order valence-corrected chi connectivity index (χ3v) is 5.13. The van der Waals surface area contributed by atoms with Crippen molar-refractivity contribution in [3.8, 4) is 0 Å². The van der Waals surface area contributed by atoms with Crippen molar-refractivity contribution in [2.45, 2.75) is 64.6 Å². The second-order valence-corrected chi connectivity index (χ2v) is 8.11. The van der Waals surface area contributed by atoms with Crippen molar-refractivity contribution in [3.63, 3.8) is 0 Å². The molecule has 1 heterocycles. The Morgan fingerprint density at radius 3 is 2.38 bits per heavy atom. The molecule has 0 radical (unpaired) electrons. The van der Waals surface area contributed by atoms with Gasteiger partial charge in [0, 0.05) is 13.1 Å². The highest BCUT2D eigenvalue weighted by molar-refractivity contribution is 5.71. The van der Waals surface area contributed by atoms with Crippen LogP contribution in [0.4, 0.5) is 4.79 Å². The van der Waals surface area contributed by atoms with Gasteiger partial charge in [-0.2, -0.15) is 0 Å². The summed E-state index contributed by atoms with van der Waals surface area (Å²) in [6.45, 7) is 6.55. The number of nitrogens with zero attached hydrogens (tertiary/aromatic N) is 1. The summed E-state index contributed by atoms with van der Waals surface area (Å²) in [7, 11) is 1.38. The number of carbonyl (C=O) groups is 2. The largest absolute Gasteiger partial charge is 0.469 e. The molecule has 4 atom stereocenters. The van der Waals surface area contributed by atoms with Crippen LogP contribution < -0.4 is 0 Å². The van der Waals surface area contributed by atoms with Crippen molar-refractivity contribution in [2.75, 3.05) is 20.2 Å². The molecule has 0 aromatic heterocycles. The van der Waals surface area contributed by atoms with Gasteiger partial charge >= 0.3 is 12.1 Å². The van der Waals surface area contributed by atoms with E-state index in [1.54, 1.807) is 4.90 Å². The summed E-state index contributed by atoms with van der Waals surface area (Å²) < 4.78 is 10.3. The number of aliphatic hydroxyl groups excluding tert-OH is 1. The Hall–Kier alpha value is -1.30. The minimum absolute atomic E-state index is 0.0164. The molecule has 1 saturated carbocycles. The molecule has 1 N–H and O–H groups in total. The maximum atomic E-state index is 12.4. The van der Waals surface area contributed by atoms with Gasteiger partial charge in [0.1, 0.15) is 5.60 Å². The SMILES string of the molecule is COC(=O)CC1CN(C(=O)OC(C)(C)C)CC1C1CCCCC1O. The van der Waals surface area contributed by atoms with Crippen LogP contribution in [-0.2, 0) is 14.3 Å². The van der Waals surface area contributed by atoms with Crippen molar-refractivity contribution in [2.24, 2.45) is 17.8 Å². The van der Waals surface area contributed by atoms with Crippen molar-refractivity contribution in [1.82, 2.24) is 4.90 Å². The van der Waals surface area contributed by atoms with Crippen LogP contribution in [0.1, 0.15) is 52.9 Å². The number of carbonyl (C=O) groups excluding carboxylic acids is 2. The molecule has 0 aromatic rings. The number of likely N-dealkylation sites (tertiary alicyclic amines) is 1. The fourth-order valence-electron chi connectivity index (χ4n) is 4.01. The first kappa shape index (κ1) is 19.0. The third kappa shape index (κ3) is 4.85. The van der Waals surface area contributed by atoms with Gasteiger partial charge in [-0.05, 0) is 51.4 Å². The minimum atomic E-state index is -0.544. The first-order chi connectivity index (χ1) is 11.2. The van der Waals surface area contributed by atoms with E-state index in [4.69, 9.17) is 9.47 Å². The third-order valence-electron chi connectivity index (χ3n) is 5.13. The fraction of sp³-hybridized carbons (Fsp3) is 0.889. The number of ether oxygens (including phenoxy) is 2. The average Bonchev–Trinajstić information content (AvgIpc) is 2.89. The number of hydrogen-bond donors (Lipinski definition) is 1. The Morgan fingerprint density at radius 2 is 1.79 bits per heavy atom. The maximum Gasteiger partial charge on any atom is 0.410 e. The van der Waals surface area contributed by atoms with Gasteiger partial charge in [0.15, 0.2) is 0 Å². The van der Waals surface area contributed by atoms with E-state index in [0.717, 1.165) is 25.7 Å². The predicted octanol–water partition coefficient (Wildman–Crippen LogP) is 2.58. The van der Waals surface area contributed by atoms with Crippen LogP contribution in [0.5, 0.6) is 0 Å². The topological polar surface area (TPSA) is 76.1 Å². The quantitative estimate of drug-likeness (QED) is 0.799. The minimum Gasteiger partial charge on any atom is -0.469 e. The van der Waals surface area contributed by atoms with Crippen molar-refractivity contribution < 1.29 is 24.2 Å². The average molecular weight is 341 g/mol. The Labute approximate surface area is 144 Å². The lowest BCUT2D eigenvalue weighted by Crippen LogP contribution is -2.37. The number of rotatable bonds is 3. The van der Waals surface area contributed by atoms with Crippen LogP contribution in [0, 0.1) is 17.8 Å². The van der Waals surface area contributed by atoms with Gasteiger partial charge in [-0.25, -0.2) is 4.79 Å². The molecule has 6 heteroatoms. The highest BCUT2D eigenvalue weighted by atomic mass is 16.6. The van der Waals surface area contributed by atoms with Crippen LogP contribution in [0.2, 0.25) is 0 Å². The van der Waals surface area contributed by atoms with Crippen LogP contribution in [0.3, 0.4) is 0 Å². The van der Waals surface area contributed by atoms with E-state index in [2.05, 4.69) is 0 Å². The summed E-state index contributed by atoms with van der Waals surface area (Å²) in [6, 6.07) is 0. The molecule has 4 unspecified atom stereocenters. The molecule has 0 spiro atoms. The standard InChI is InChI=1S/C18H31NO5/c1-18(2,3)24-17(22)19-10-12(9-16(21)23-4)14(11-19)13-7-5-6-8-15(13)20/h12-15,20H,5-11H2,1-4H3. The normalized spacial score (nSPS) is 31.0. The lowest BCUT2D eigenvalue weighted by Gasteiger charge is -2.34. The van der Waals surface area contributed by atoms with E-state index in [-0.39, 0.29) is 42.3 Å². The van der Waals surface area contributed by atoms with Crippen molar-refractivity contribution in [1.29, 1.82) is 0 Å². The first-order valence-electron chi connectivity index (χ1n) is 8.94. The smallest absolute Gasteiger partial charge is 0.410 e. The summed E-state index contributed by atoms with van der Waals surface area (Å²) in [6.07, 6.45) is 3.48. The van der Waals surface area contributed by atoms with Crippen LogP contribution in [0.25, 0.3) is 0 Å². The van der Waals surface area contributed by atoms with Gasteiger partial charge in [-0.3, -0.25) is 4.79 Å². The molecular weight excluding hydrogens is 310 g/mol.